The van der Waals surface area contributed by atoms with Crippen LogP contribution in [0.15, 0.2) is 6.33 Å². The van der Waals surface area contributed by atoms with Gasteiger partial charge in [-0.3, -0.25) is 0 Å². The number of aliphatic hydroxyl groups excluding tert-OH is 2. The molecule has 0 atom stereocenters. The van der Waals surface area contributed by atoms with Crippen molar-refractivity contribution in [1.82, 2.24) is 9.97 Å². The summed E-state index contributed by atoms with van der Waals surface area (Å²) in [6, 6.07) is 0. The maximum absolute atomic E-state index is 9.56. The Bertz CT molecular complexity index is 411. The Morgan fingerprint density at radius 1 is 1.15 bits per heavy atom. The van der Waals surface area contributed by atoms with E-state index in [0.29, 0.717) is 12.2 Å². The van der Waals surface area contributed by atoms with Crippen LogP contribution < -0.4 is 10.6 Å². The summed E-state index contributed by atoms with van der Waals surface area (Å²) in [7, 11) is 0. The van der Waals surface area contributed by atoms with E-state index >= 15 is 0 Å². The predicted molar refractivity (Wildman–Crippen MR) is 81.1 cm³/mol. The van der Waals surface area contributed by atoms with Gasteiger partial charge in [-0.15, -0.1) is 0 Å². The molecule has 1 aromatic heterocycles. The molecule has 0 spiro atoms. The molecule has 6 nitrogen and oxygen atoms in total. The molecular weight excluding hydrogens is 256 g/mol. The Balaban J connectivity index is 3.20. The molecule has 0 saturated carbocycles. The van der Waals surface area contributed by atoms with E-state index in [2.05, 4.69) is 34.4 Å². The van der Waals surface area contributed by atoms with Crippen LogP contribution in [0.1, 0.15) is 45.6 Å². The number of hydrogen-bond donors (Lipinski definition) is 4. The standard InChI is InChI=1S/C14H26N4O2/c1-5-14(7-19,8-20)18-13-11(10(3)4)12(15-6-2)16-9-17-13/h9-10,19-20H,5-8H2,1-4H3,(H2,15,16,17,18). The second kappa shape index (κ2) is 7.40. The van der Waals surface area contributed by atoms with E-state index in [-0.39, 0.29) is 19.1 Å². The summed E-state index contributed by atoms with van der Waals surface area (Å²) in [5.41, 5.74) is 0.204. The third kappa shape index (κ3) is 3.58. The van der Waals surface area contributed by atoms with E-state index < -0.39 is 5.54 Å². The Morgan fingerprint density at radius 2 is 1.75 bits per heavy atom. The lowest BCUT2D eigenvalue weighted by molar-refractivity contribution is 0.132. The molecule has 0 bridgehead atoms. The minimum atomic E-state index is -0.762. The molecule has 0 aliphatic heterocycles. The molecular formula is C14H26N4O2. The smallest absolute Gasteiger partial charge is 0.135 e. The maximum atomic E-state index is 9.56. The van der Waals surface area contributed by atoms with Gasteiger partial charge in [0, 0.05) is 12.1 Å². The van der Waals surface area contributed by atoms with E-state index in [9.17, 15) is 10.2 Å². The third-order valence-electron chi connectivity index (χ3n) is 3.47. The average molecular weight is 282 g/mol. The molecule has 0 aliphatic rings. The van der Waals surface area contributed by atoms with Crippen molar-refractivity contribution >= 4 is 11.6 Å². The van der Waals surface area contributed by atoms with Gasteiger partial charge in [0.15, 0.2) is 0 Å². The Labute approximate surface area is 120 Å². The number of anilines is 2. The lowest BCUT2D eigenvalue weighted by Crippen LogP contribution is -2.45. The second-order valence-electron chi connectivity index (χ2n) is 5.24. The summed E-state index contributed by atoms with van der Waals surface area (Å²) in [4.78, 5) is 8.56. The summed E-state index contributed by atoms with van der Waals surface area (Å²) in [6.45, 7) is 8.52. The fourth-order valence-corrected chi connectivity index (χ4v) is 2.04. The van der Waals surface area contributed by atoms with Crippen molar-refractivity contribution in [3.8, 4) is 0 Å². The van der Waals surface area contributed by atoms with E-state index in [1.807, 2.05) is 13.8 Å². The number of hydrogen-bond acceptors (Lipinski definition) is 6. The van der Waals surface area contributed by atoms with Gasteiger partial charge in [0.25, 0.3) is 0 Å². The highest BCUT2D eigenvalue weighted by molar-refractivity contribution is 5.60. The molecule has 4 N–H and O–H groups in total. The molecule has 1 heterocycles. The molecule has 0 aromatic carbocycles. The molecule has 0 aliphatic carbocycles. The Hall–Kier alpha value is -1.40. The minimum absolute atomic E-state index is 0.155. The summed E-state index contributed by atoms with van der Waals surface area (Å²) in [5, 5.41) is 25.5. The van der Waals surface area contributed by atoms with Crippen molar-refractivity contribution in [1.29, 1.82) is 0 Å². The minimum Gasteiger partial charge on any atom is -0.394 e. The van der Waals surface area contributed by atoms with Crippen molar-refractivity contribution in [3.05, 3.63) is 11.9 Å². The van der Waals surface area contributed by atoms with Crippen molar-refractivity contribution in [3.63, 3.8) is 0 Å². The second-order valence-corrected chi connectivity index (χ2v) is 5.24. The molecule has 1 aromatic rings. The van der Waals surface area contributed by atoms with Gasteiger partial charge >= 0.3 is 0 Å². The van der Waals surface area contributed by atoms with Crippen LogP contribution in [-0.2, 0) is 0 Å². The summed E-state index contributed by atoms with van der Waals surface area (Å²) < 4.78 is 0. The highest BCUT2D eigenvalue weighted by Gasteiger charge is 2.29. The average Bonchev–Trinajstić information content (AvgIpc) is 2.45. The maximum Gasteiger partial charge on any atom is 0.135 e. The van der Waals surface area contributed by atoms with E-state index in [0.717, 1.165) is 17.9 Å². The zero-order valence-corrected chi connectivity index (χ0v) is 12.8. The van der Waals surface area contributed by atoms with Crippen LogP contribution in [0.3, 0.4) is 0 Å². The van der Waals surface area contributed by atoms with Crippen LogP contribution in [0.5, 0.6) is 0 Å². The molecule has 1 rings (SSSR count). The molecule has 6 heteroatoms. The van der Waals surface area contributed by atoms with Crippen molar-refractivity contribution < 1.29 is 10.2 Å². The predicted octanol–water partition coefficient (Wildman–Crippen LogP) is 1.58. The largest absolute Gasteiger partial charge is 0.394 e. The first-order valence-corrected chi connectivity index (χ1v) is 7.12. The molecule has 114 valence electrons. The summed E-state index contributed by atoms with van der Waals surface area (Å²) in [6.07, 6.45) is 2.08. The first kappa shape index (κ1) is 16.7. The van der Waals surface area contributed by atoms with Crippen molar-refractivity contribution in [2.24, 2.45) is 0 Å². The lowest BCUT2D eigenvalue weighted by atomic mass is 9.96. The molecule has 0 fully saturated rings. The molecule has 0 amide bonds. The highest BCUT2D eigenvalue weighted by atomic mass is 16.3. The van der Waals surface area contributed by atoms with Gasteiger partial charge in [-0.05, 0) is 19.3 Å². The van der Waals surface area contributed by atoms with Gasteiger partial charge in [0.05, 0.1) is 18.8 Å². The fourth-order valence-electron chi connectivity index (χ4n) is 2.04. The van der Waals surface area contributed by atoms with Crippen LogP contribution in [0.25, 0.3) is 0 Å². The van der Waals surface area contributed by atoms with E-state index in [4.69, 9.17) is 0 Å². The van der Waals surface area contributed by atoms with Crippen molar-refractivity contribution in [2.45, 2.75) is 45.6 Å². The fraction of sp³-hybridized carbons (Fsp3) is 0.714. The molecule has 0 unspecified atom stereocenters. The van der Waals surface area contributed by atoms with Crippen LogP contribution >= 0.6 is 0 Å². The van der Waals surface area contributed by atoms with Gasteiger partial charge in [-0.1, -0.05) is 20.8 Å². The van der Waals surface area contributed by atoms with Crippen LogP contribution in [-0.4, -0.2) is 45.5 Å². The highest BCUT2D eigenvalue weighted by Crippen LogP contribution is 2.30. The first-order chi connectivity index (χ1) is 9.53. The number of nitrogens with zero attached hydrogens (tertiary/aromatic N) is 2. The van der Waals surface area contributed by atoms with Gasteiger partial charge in [-0.25, -0.2) is 9.97 Å². The number of nitrogens with one attached hydrogen (secondary N) is 2. The first-order valence-electron chi connectivity index (χ1n) is 7.12. The van der Waals surface area contributed by atoms with Crippen molar-refractivity contribution in [2.75, 3.05) is 30.4 Å². The normalized spacial score (nSPS) is 11.8. The molecule has 20 heavy (non-hydrogen) atoms. The van der Waals surface area contributed by atoms with Gasteiger partial charge in [0.1, 0.15) is 18.0 Å². The van der Waals surface area contributed by atoms with Gasteiger partial charge < -0.3 is 20.8 Å². The summed E-state index contributed by atoms with van der Waals surface area (Å²) >= 11 is 0. The molecule has 0 saturated heterocycles. The third-order valence-corrected chi connectivity index (χ3v) is 3.47. The van der Waals surface area contributed by atoms with Gasteiger partial charge in [-0.2, -0.15) is 0 Å². The zero-order valence-electron chi connectivity index (χ0n) is 12.8. The lowest BCUT2D eigenvalue weighted by Gasteiger charge is -2.32. The van der Waals surface area contributed by atoms with E-state index in [1.54, 1.807) is 0 Å². The summed E-state index contributed by atoms with van der Waals surface area (Å²) in [5.74, 6) is 1.68. The van der Waals surface area contributed by atoms with Crippen LogP contribution in [0, 0.1) is 0 Å². The SMILES string of the molecule is CCNc1ncnc(NC(CC)(CO)CO)c1C(C)C. The molecule has 0 radical (unpaired) electrons. The topological polar surface area (TPSA) is 90.3 Å². The van der Waals surface area contributed by atoms with Crippen LogP contribution in [0.2, 0.25) is 0 Å². The van der Waals surface area contributed by atoms with E-state index in [1.165, 1.54) is 6.33 Å². The number of rotatable bonds is 8. The number of aliphatic hydroxyl groups is 2. The monoisotopic (exact) mass is 282 g/mol. The van der Waals surface area contributed by atoms with Gasteiger partial charge in [0.2, 0.25) is 0 Å². The zero-order chi connectivity index (χ0) is 15.2. The quantitative estimate of drug-likeness (QED) is 0.579. The Morgan fingerprint density at radius 3 is 2.20 bits per heavy atom. The number of aromatic nitrogens is 2. The van der Waals surface area contributed by atoms with Crippen LogP contribution in [0.4, 0.5) is 11.6 Å². The Kier molecular flexibility index (Phi) is 6.16.